The number of allylic oxidation sites excluding steroid dienone is 1. The normalized spacial score (nSPS) is 15.4. The molecule has 0 fully saturated rings. The van der Waals surface area contributed by atoms with Gasteiger partial charge in [0.2, 0.25) is 0 Å². The van der Waals surface area contributed by atoms with Crippen molar-refractivity contribution in [2.45, 2.75) is 26.3 Å². The highest BCUT2D eigenvalue weighted by atomic mass is 35.5. The Bertz CT molecular complexity index is 1030. The fourth-order valence-corrected chi connectivity index (χ4v) is 3.44. The summed E-state index contributed by atoms with van der Waals surface area (Å²) in [6.45, 7) is 6.42. The average Bonchev–Trinajstić information content (AvgIpc) is 2.65. The van der Waals surface area contributed by atoms with E-state index < -0.39 is 5.91 Å². The molecule has 0 aliphatic carbocycles. The van der Waals surface area contributed by atoms with E-state index in [4.69, 9.17) is 11.6 Å². The van der Waals surface area contributed by atoms with Gasteiger partial charge in [0, 0.05) is 29.0 Å². The molecule has 0 bridgehead atoms. The van der Waals surface area contributed by atoms with Crippen LogP contribution >= 0.6 is 11.6 Å². The third kappa shape index (κ3) is 3.95. The number of halogens is 1. The molecule has 3 rings (SSSR count). The molecule has 0 saturated carbocycles. The number of hydrogen-bond donors (Lipinski definition) is 1. The predicted molar refractivity (Wildman–Crippen MR) is 116 cm³/mol. The molecule has 0 atom stereocenters. The number of nitrogens with zero attached hydrogens (tertiary/aromatic N) is 2. The first-order valence-electron chi connectivity index (χ1n) is 8.98. The molecule has 2 aromatic carbocycles. The van der Waals surface area contributed by atoms with E-state index in [0.29, 0.717) is 10.7 Å². The monoisotopic (exact) mass is 391 g/mol. The molecule has 142 valence electrons. The molecule has 0 unspecified atom stereocenters. The Morgan fingerprint density at radius 2 is 1.89 bits per heavy atom. The lowest BCUT2D eigenvalue weighted by molar-refractivity contribution is -0.112. The number of nitrogens with one attached hydrogen (secondary N) is 1. The molecule has 4 nitrogen and oxygen atoms in total. The van der Waals surface area contributed by atoms with Crippen LogP contribution in [0.1, 0.15) is 31.9 Å². The number of hydrogen-bond acceptors (Lipinski definition) is 3. The highest BCUT2D eigenvalue weighted by Gasteiger charge is 2.28. The second kappa shape index (κ2) is 7.53. The Kier molecular flexibility index (Phi) is 5.31. The number of amides is 1. The van der Waals surface area contributed by atoms with Gasteiger partial charge in [0.1, 0.15) is 11.6 Å². The summed E-state index contributed by atoms with van der Waals surface area (Å²) >= 11 is 5.86. The number of rotatable bonds is 3. The van der Waals surface area contributed by atoms with Crippen molar-refractivity contribution >= 4 is 40.5 Å². The SMILES string of the molecule is CC1=CC(C)(C)N(C)c2ccc(/C=C(/C#N)C(=O)Nc3ccc(Cl)cc3)cc21. The Labute approximate surface area is 170 Å². The van der Waals surface area contributed by atoms with E-state index in [9.17, 15) is 10.1 Å². The molecule has 1 amide bonds. The minimum atomic E-state index is -0.451. The molecule has 0 spiro atoms. The van der Waals surface area contributed by atoms with Gasteiger partial charge in [-0.1, -0.05) is 23.7 Å². The van der Waals surface area contributed by atoms with Crippen LogP contribution in [0.3, 0.4) is 0 Å². The lowest BCUT2D eigenvalue weighted by Gasteiger charge is -2.40. The van der Waals surface area contributed by atoms with Crippen molar-refractivity contribution in [3.8, 4) is 6.07 Å². The van der Waals surface area contributed by atoms with Gasteiger partial charge in [-0.3, -0.25) is 4.79 Å². The number of nitriles is 1. The first-order chi connectivity index (χ1) is 13.2. The standard InChI is InChI=1S/C23H22ClN3O/c1-15-13-23(2,3)27(4)21-10-5-16(12-20(15)21)11-17(14-25)22(28)26-19-8-6-18(24)7-9-19/h5-13H,1-4H3,(H,26,28)/b17-11-. The molecule has 1 N–H and O–H groups in total. The Balaban J connectivity index is 1.89. The zero-order valence-electron chi connectivity index (χ0n) is 16.4. The van der Waals surface area contributed by atoms with Crippen molar-refractivity contribution < 1.29 is 4.79 Å². The van der Waals surface area contributed by atoms with Gasteiger partial charge in [-0.05, 0) is 74.4 Å². The second-order valence-corrected chi connectivity index (χ2v) is 7.88. The van der Waals surface area contributed by atoms with Crippen LogP contribution in [0.2, 0.25) is 5.02 Å². The molecule has 1 heterocycles. The van der Waals surface area contributed by atoms with E-state index in [1.54, 1.807) is 30.3 Å². The first kappa shape index (κ1) is 19.7. The summed E-state index contributed by atoms with van der Waals surface area (Å²) in [6.07, 6.45) is 3.83. The van der Waals surface area contributed by atoms with E-state index in [1.807, 2.05) is 24.3 Å². The van der Waals surface area contributed by atoms with Gasteiger partial charge < -0.3 is 10.2 Å². The van der Waals surface area contributed by atoms with Crippen LogP contribution in [0.25, 0.3) is 11.6 Å². The van der Waals surface area contributed by atoms with E-state index in [-0.39, 0.29) is 11.1 Å². The minimum Gasteiger partial charge on any atom is -0.366 e. The van der Waals surface area contributed by atoms with Crippen LogP contribution in [0.15, 0.2) is 54.1 Å². The molecule has 0 aromatic heterocycles. The predicted octanol–water partition coefficient (Wildman–Crippen LogP) is 5.52. The fraction of sp³-hybridized carbons (Fsp3) is 0.217. The number of anilines is 2. The van der Waals surface area contributed by atoms with Crippen molar-refractivity contribution in [3.05, 3.63) is 70.3 Å². The van der Waals surface area contributed by atoms with E-state index in [1.165, 1.54) is 5.57 Å². The maximum absolute atomic E-state index is 12.5. The molecular weight excluding hydrogens is 370 g/mol. The largest absolute Gasteiger partial charge is 0.366 e. The quantitative estimate of drug-likeness (QED) is 0.553. The highest BCUT2D eigenvalue weighted by molar-refractivity contribution is 6.30. The molecule has 2 aromatic rings. The summed E-state index contributed by atoms with van der Waals surface area (Å²) in [7, 11) is 2.07. The maximum Gasteiger partial charge on any atom is 0.266 e. The topological polar surface area (TPSA) is 56.1 Å². The highest BCUT2D eigenvalue weighted by Crippen LogP contribution is 2.38. The zero-order chi connectivity index (χ0) is 20.5. The summed E-state index contributed by atoms with van der Waals surface area (Å²) in [5.74, 6) is -0.451. The lowest BCUT2D eigenvalue weighted by atomic mass is 9.88. The van der Waals surface area contributed by atoms with E-state index >= 15 is 0 Å². The Morgan fingerprint density at radius 1 is 1.21 bits per heavy atom. The Morgan fingerprint density at radius 3 is 2.54 bits per heavy atom. The summed E-state index contributed by atoms with van der Waals surface area (Å²) < 4.78 is 0. The van der Waals surface area contributed by atoms with Gasteiger partial charge in [-0.25, -0.2) is 0 Å². The third-order valence-corrected chi connectivity index (χ3v) is 5.27. The zero-order valence-corrected chi connectivity index (χ0v) is 17.1. The average molecular weight is 392 g/mol. The van der Waals surface area contributed by atoms with Crippen LogP contribution in [-0.4, -0.2) is 18.5 Å². The van der Waals surface area contributed by atoms with Crippen LogP contribution in [0, 0.1) is 11.3 Å². The molecule has 0 saturated heterocycles. The molecule has 1 aliphatic heterocycles. The molecule has 0 radical (unpaired) electrons. The van der Waals surface area contributed by atoms with Gasteiger partial charge in [-0.15, -0.1) is 0 Å². The van der Waals surface area contributed by atoms with Gasteiger partial charge in [-0.2, -0.15) is 5.26 Å². The molecule has 28 heavy (non-hydrogen) atoms. The fourth-order valence-electron chi connectivity index (χ4n) is 3.31. The van der Waals surface area contributed by atoms with Crippen molar-refractivity contribution in [1.29, 1.82) is 5.26 Å². The summed E-state index contributed by atoms with van der Waals surface area (Å²) in [5.41, 5.74) is 4.78. The number of benzene rings is 2. The first-order valence-corrected chi connectivity index (χ1v) is 9.35. The van der Waals surface area contributed by atoms with Crippen molar-refractivity contribution in [3.63, 3.8) is 0 Å². The van der Waals surface area contributed by atoms with Gasteiger partial charge >= 0.3 is 0 Å². The van der Waals surface area contributed by atoms with Gasteiger partial charge in [0.25, 0.3) is 5.91 Å². The number of likely N-dealkylation sites (N-methyl/N-ethyl adjacent to an activating group) is 1. The smallest absolute Gasteiger partial charge is 0.266 e. The van der Waals surface area contributed by atoms with Crippen LogP contribution in [-0.2, 0) is 4.79 Å². The summed E-state index contributed by atoms with van der Waals surface area (Å²) in [5, 5.41) is 12.8. The lowest BCUT2D eigenvalue weighted by Crippen LogP contribution is -2.42. The van der Waals surface area contributed by atoms with E-state index in [2.05, 4.69) is 44.1 Å². The number of carbonyl (C=O) groups is 1. The number of carbonyl (C=O) groups excluding carboxylic acids is 1. The van der Waals surface area contributed by atoms with E-state index in [0.717, 1.165) is 16.8 Å². The van der Waals surface area contributed by atoms with Gasteiger partial charge in [0.05, 0.1) is 5.54 Å². The molecule has 1 aliphatic rings. The summed E-state index contributed by atoms with van der Waals surface area (Å²) in [6, 6.07) is 14.7. The maximum atomic E-state index is 12.5. The van der Waals surface area contributed by atoms with Crippen molar-refractivity contribution in [1.82, 2.24) is 0 Å². The van der Waals surface area contributed by atoms with Crippen LogP contribution in [0.5, 0.6) is 0 Å². The third-order valence-electron chi connectivity index (χ3n) is 5.02. The van der Waals surface area contributed by atoms with Crippen molar-refractivity contribution in [2.75, 3.05) is 17.3 Å². The van der Waals surface area contributed by atoms with Crippen LogP contribution in [0.4, 0.5) is 11.4 Å². The number of fused-ring (bicyclic) bond motifs is 1. The van der Waals surface area contributed by atoms with Crippen LogP contribution < -0.4 is 10.2 Å². The molecule has 5 heteroatoms. The second-order valence-electron chi connectivity index (χ2n) is 7.45. The minimum absolute atomic E-state index is 0.0426. The summed E-state index contributed by atoms with van der Waals surface area (Å²) in [4.78, 5) is 14.7. The molecular formula is C23H22ClN3O. The Hall–Kier alpha value is -3.03. The van der Waals surface area contributed by atoms with Gasteiger partial charge in [0.15, 0.2) is 0 Å². The van der Waals surface area contributed by atoms with Crippen molar-refractivity contribution in [2.24, 2.45) is 0 Å².